The first-order valence-corrected chi connectivity index (χ1v) is 5.75. The van der Waals surface area contributed by atoms with Crippen LogP contribution in [0.1, 0.15) is 25.5 Å². The van der Waals surface area contributed by atoms with Gasteiger partial charge in [-0.25, -0.2) is 9.59 Å². The van der Waals surface area contributed by atoms with E-state index in [0.717, 1.165) is 5.56 Å². The zero-order valence-electron chi connectivity index (χ0n) is 10.7. The third kappa shape index (κ3) is 4.04. The Morgan fingerprint density at radius 1 is 1.26 bits per heavy atom. The molecule has 0 saturated heterocycles. The molecule has 0 amide bonds. The van der Waals surface area contributed by atoms with Gasteiger partial charge in [-0.3, -0.25) is 0 Å². The first kappa shape index (κ1) is 14.6. The standard InChI is InChI=1S/C13H14N2O4/c1-3-18-12(16)11(15-14)13(17)19-9(2)10-7-5-4-6-8-10/h4-9H,3H2,1-2H3/t9-/m0/s1. The van der Waals surface area contributed by atoms with E-state index in [2.05, 4.69) is 9.53 Å². The second-order valence-electron chi connectivity index (χ2n) is 3.63. The van der Waals surface area contributed by atoms with Crippen LogP contribution in [-0.2, 0) is 19.1 Å². The van der Waals surface area contributed by atoms with Gasteiger partial charge >= 0.3 is 17.7 Å². The van der Waals surface area contributed by atoms with Gasteiger partial charge in [0, 0.05) is 0 Å². The van der Waals surface area contributed by atoms with E-state index in [1.807, 2.05) is 6.07 Å². The summed E-state index contributed by atoms with van der Waals surface area (Å²) in [5.41, 5.74) is 8.65. The van der Waals surface area contributed by atoms with Gasteiger partial charge in [-0.05, 0) is 19.4 Å². The fraction of sp³-hybridized carbons (Fsp3) is 0.308. The van der Waals surface area contributed by atoms with Crippen molar-refractivity contribution in [3.63, 3.8) is 0 Å². The van der Waals surface area contributed by atoms with E-state index in [0.29, 0.717) is 0 Å². The summed E-state index contributed by atoms with van der Waals surface area (Å²) in [5.74, 6) is -2.05. The Morgan fingerprint density at radius 2 is 1.89 bits per heavy atom. The van der Waals surface area contributed by atoms with Gasteiger partial charge in [0.05, 0.1) is 6.61 Å². The van der Waals surface area contributed by atoms with Crippen LogP contribution in [0.4, 0.5) is 0 Å². The van der Waals surface area contributed by atoms with Crippen LogP contribution < -0.4 is 0 Å². The lowest BCUT2D eigenvalue weighted by molar-refractivity contribution is -0.151. The van der Waals surface area contributed by atoms with E-state index in [9.17, 15) is 9.59 Å². The molecule has 0 N–H and O–H groups in total. The van der Waals surface area contributed by atoms with Gasteiger partial charge in [-0.2, -0.15) is 4.79 Å². The van der Waals surface area contributed by atoms with E-state index in [-0.39, 0.29) is 6.61 Å². The summed E-state index contributed by atoms with van der Waals surface area (Å²) < 4.78 is 9.60. The summed E-state index contributed by atoms with van der Waals surface area (Å²) in [6.07, 6.45) is -0.570. The number of nitrogens with zero attached hydrogens (tertiary/aromatic N) is 2. The van der Waals surface area contributed by atoms with Crippen molar-refractivity contribution in [3.8, 4) is 0 Å². The maximum atomic E-state index is 11.7. The quantitative estimate of drug-likeness (QED) is 0.264. The van der Waals surface area contributed by atoms with Gasteiger partial charge in [0.15, 0.2) is 0 Å². The summed E-state index contributed by atoms with van der Waals surface area (Å²) in [6.45, 7) is 3.29. The van der Waals surface area contributed by atoms with Crippen LogP contribution in [0.15, 0.2) is 30.3 Å². The van der Waals surface area contributed by atoms with Gasteiger partial charge in [0.1, 0.15) is 6.10 Å². The third-order valence-electron chi connectivity index (χ3n) is 2.31. The lowest BCUT2D eigenvalue weighted by Gasteiger charge is -2.11. The van der Waals surface area contributed by atoms with E-state index < -0.39 is 23.8 Å². The molecule has 1 atom stereocenters. The number of esters is 2. The SMILES string of the molecule is CCOC(=O)C(=[N+]=[N-])C(=O)O[C@@H](C)c1ccccc1. The number of ether oxygens (including phenoxy) is 2. The number of carbonyl (C=O) groups excluding carboxylic acids is 2. The van der Waals surface area contributed by atoms with Gasteiger partial charge in [0.2, 0.25) is 0 Å². The van der Waals surface area contributed by atoms with E-state index in [4.69, 9.17) is 10.3 Å². The summed E-state index contributed by atoms with van der Waals surface area (Å²) >= 11 is 0. The van der Waals surface area contributed by atoms with E-state index >= 15 is 0 Å². The molecule has 1 rings (SSSR count). The molecular formula is C13H14N2O4. The minimum Gasteiger partial charge on any atom is -0.457 e. The number of hydrogen-bond acceptors (Lipinski definition) is 4. The van der Waals surface area contributed by atoms with Crippen molar-refractivity contribution in [2.24, 2.45) is 0 Å². The highest BCUT2D eigenvalue weighted by atomic mass is 16.6. The third-order valence-corrected chi connectivity index (χ3v) is 2.31. The topological polar surface area (TPSA) is 89.0 Å². The van der Waals surface area contributed by atoms with Crippen molar-refractivity contribution in [2.45, 2.75) is 20.0 Å². The first-order chi connectivity index (χ1) is 9.10. The smallest absolute Gasteiger partial charge is 0.457 e. The van der Waals surface area contributed by atoms with Crippen LogP contribution in [0.3, 0.4) is 0 Å². The molecule has 0 radical (unpaired) electrons. The fourth-order valence-corrected chi connectivity index (χ4v) is 1.37. The fourth-order valence-electron chi connectivity index (χ4n) is 1.37. The molecular weight excluding hydrogens is 248 g/mol. The molecule has 0 fully saturated rings. The average molecular weight is 262 g/mol. The molecule has 0 aliphatic carbocycles. The Kier molecular flexibility index (Phi) is 5.44. The highest BCUT2D eigenvalue weighted by Gasteiger charge is 2.34. The summed E-state index contributed by atoms with van der Waals surface area (Å²) in [6, 6.07) is 8.98. The molecule has 0 spiro atoms. The summed E-state index contributed by atoms with van der Waals surface area (Å²) in [5, 5.41) is 0. The second kappa shape index (κ2) is 7.08. The van der Waals surface area contributed by atoms with Crippen molar-refractivity contribution in [1.82, 2.24) is 0 Å². The Morgan fingerprint density at radius 3 is 2.42 bits per heavy atom. The molecule has 1 aromatic carbocycles. The van der Waals surface area contributed by atoms with E-state index in [1.165, 1.54) is 0 Å². The highest BCUT2D eigenvalue weighted by Crippen LogP contribution is 2.16. The molecule has 0 heterocycles. The average Bonchev–Trinajstić information content (AvgIpc) is 2.40. The van der Waals surface area contributed by atoms with Crippen LogP contribution in [0.25, 0.3) is 5.53 Å². The first-order valence-electron chi connectivity index (χ1n) is 5.75. The zero-order valence-corrected chi connectivity index (χ0v) is 10.7. The maximum Gasteiger partial charge on any atom is 0.482 e. The second-order valence-corrected chi connectivity index (χ2v) is 3.63. The Bertz CT molecular complexity index is 507. The predicted molar refractivity (Wildman–Crippen MR) is 66.2 cm³/mol. The Hall–Kier alpha value is -2.46. The molecule has 100 valence electrons. The molecule has 6 heteroatoms. The van der Waals surface area contributed by atoms with Gasteiger partial charge < -0.3 is 15.0 Å². The minimum absolute atomic E-state index is 0.0688. The Balaban J connectivity index is 2.74. The zero-order chi connectivity index (χ0) is 14.3. The minimum atomic E-state index is -1.03. The summed E-state index contributed by atoms with van der Waals surface area (Å²) in [7, 11) is 0. The van der Waals surface area contributed by atoms with Gasteiger partial charge in [0.25, 0.3) is 0 Å². The van der Waals surface area contributed by atoms with Gasteiger partial charge in [-0.1, -0.05) is 30.3 Å². The lowest BCUT2D eigenvalue weighted by Crippen LogP contribution is -2.29. The van der Waals surface area contributed by atoms with Crippen LogP contribution in [0, 0.1) is 0 Å². The normalized spacial score (nSPS) is 11.1. The van der Waals surface area contributed by atoms with Crippen molar-refractivity contribution in [1.29, 1.82) is 0 Å². The molecule has 0 unspecified atom stereocenters. The molecule has 0 saturated carbocycles. The highest BCUT2D eigenvalue weighted by molar-refractivity contribution is 6.60. The number of carbonyl (C=O) groups is 2. The predicted octanol–water partition coefficient (Wildman–Crippen LogP) is 1.52. The number of benzene rings is 1. The molecule has 1 aromatic rings. The summed E-state index contributed by atoms with van der Waals surface area (Å²) in [4.78, 5) is 25.6. The van der Waals surface area contributed by atoms with Crippen LogP contribution in [0.2, 0.25) is 0 Å². The van der Waals surface area contributed by atoms with Crippen molar-refractivity contribution in [3.05, 3.63) is 41.4 Å². The van der Waals surface area contributed by atoms with Crippen molar-refractivity contribution < 1.29 is 23.9 Å². The van der Waals surface area contributed by atoms with E-state index in [1.54, 1.807) is 38.1 Å². The van der Waals surface area contributed by atoms with Crippen LogP contribution in [-0.4, -0.2) is 29.0 Å². The molecule has 0 aliphatic rings. The van der Waals surface area contributed by atoms with Crippen LogP contribution in [0.5, 0.6) is 0 Å². The van der Waals surface area contributed by atoms with Crippen molar-refractivity contribution >= 4 is 17.7 Å². The number of rotatable bonds is 5. The molecule has 0 bridgehead atoms. The number of hydrogen-bond donors (Lipinski definition) is 0. The molecule has 19 heavy (non-hydrogen) atoms. The molecule has 0 aliphatic heterocycles. The van der Waals surface area contributed by atoms with Crippen LogP contribution >= 0.6 is 0 Å². The lowest BCUT2D eigenvalue weighted by atomic mass is 10.1. The van der Waals surface area contributed by atoms with Gasteiger partial charge in [-0.15, -0.1) is 0 Å². The monoisotopic (exact) mass is 262 g/mol. The van der Waals surface area contributed by atoms with Crippen molar-refractivity contribution in [2.75, 3.05) is 6.61 Å². The molecule has 6 nitrogen and oxygen atoms in total. The molecule has 0 aromatic heterocycles. The maximum absolute atomic E-state index is 11.7. The Labute approximate surface area is 110 Å². The largest absolute Gasteiger partial charge is 0.482 e.